The first-order chi connectivity index (χ1) is 9.79. The lowest BCUT2D eigenvalue weighted by Crippen LogP contribution is -2.32. The standard InChI is InChI=1S/C18H27N3/c1-17(2,3)21-13-15(12-20-21)11-19-14-18(4,5)16-9-7-6-8-10-16/h6-10,12-13,19H,11,14H2,1-5H3. The second-order valence-electron chi connectivity index (χ2n) is 7.32. The molecule has 0 saturated carbocycles. The van der Waals surface area contributed by atoms with E-state index in [9.17, 15) is 0 Å². The molecule has 0 aliphatic heterocycles. The summed E-state index contributed by atoms with van der Waals surface area (Å²) in [5, 5.41) is 7.99. The maximum absolute atomic E-state index is 4.44. The van der Waals surface area contributed by atoms with Gasteiger partial charge in [-0.2, -0.15) is 5.10 Å². The van der Waals surface area contributed by atoms with E-state index in [-0.39, 0.29) is 11.0 Å². The highest BCUT2D eigenvalue weighted by molar-refractivity contribution is 5.23. The molecule has 3 heteroatoms. The van der Waals surface area contributed by atoms with Gasteiger partial charge in [0.05, 0.1) is 11.7 Å². The highest BCUT2D eigenvalue weighted by atomic mass is 15.3. The Bertz CT molecular complexity index is 562. The average Bonchev–Trinajstić information content (AvgIpc) is 2.88. The Kier molecular flexibility index (Phi) is 4.52. The number of benzene rings is 1. The molecule has 1 aromatic carbocycles. The summed E-state index contributed by atoms with van der Waals surface area (Å²) in [5.74, 6) is 0. The van der Waals surface area contributed by atoms with E-state index >= 15 is 0 Å². The number of hydrogen-bond acceptors (Lipinski definition) is 2. The van der Waals surface area contributed by atoms with Crippen LogP contribution in [-0.4, -0.2) is 16.3 Å². The molecule has 1 N–H and O–H groups in total. The Morgan fingerprint density at radius 3 is 2.29 bits per heavy atom. The SMILES string of the molecule is CC(C)(CNCc1cnn(C(C)(C)C)c1)c1ccccc1. The Morgan fingerprint density at radius 2 is 1.71 bits per heavy atom. The van der Waals surface area contributed by atoms with E-state index in [0.29, 0.717) is 0 Å². The second kappa shape index (κ2) is 6.02. The van der Waals surface area contributed by atoms with E-state index in [0.717, 1.165) is 13.1 Å². The zero-order chi connectivity index (χ0) is 15.5. The van der Waals surface area contributed by atoms with Crippen LogP contribution in [0.3, 0.4) is 0 Å². The molecule has 0 radical (unpaired) electrons. The van der Waals surface area contributed by atoms with Gasteiger partial charge in [0.1, 0.15) is 0 Å². The molecule has 0 fully saturated rings. The topological polar surface area (TPSA) is 29.9 Å². The zero-order valence-electron chi connectivity index (χ0n) is 13.9. The predicted octanol–water partition coefficient (Wildman–Crippen LogP) is 3.71. The molecule has 0 spiro atoms. The van der Waals surface area contributed by atoms with Crippen LogP contribution in [0.15, 0.2) is 42.7 Å². The van der Waals surface area contributed by atoms with Gasteiger partial charge < -0.3 is 5.32 Å². The molecule has 3 nitrogen and oxygen atoms in total. The van der Waals surface area contributed by atoms with E-state index in [2.05, 4.69) is 81.6 Å². The first-order valence-corrected chi connectivity index (χ1v) is 7.59. The molecule has 0 aliphatic rings. The van der Waals surface area contributed by atoms with Gasteiger partial charge in [0.2, 0.25) is 0 Å². The summed E-state index contributed by atoms with van der Waals surface area (Å²) in [7, 11) is 0. The molecule has 2 rings (SSSR count). The molecule has 21 heavy (non-hydrogen) atoms. The Labute approximate surface area is 128 Å². The number of nitrogens with one attached hydrogen (secondary N) is 1. The lowest BCUT2D eigenvalue weighted by Gasteiger charge is -2.25. The minimum Gasteiger partial charge on any atom is -0.312 e. The normalized spacial score (nSPS) is 12.6. The van der Waals surface area contributed by atoms with Crippen LogP contribution in [0.2, 0.25) is 0 Å². The maximum atomic E-state index is 4.44. The van der Waals surface area contributed by atoms with E-state index in [1.54, 1.807) is 0 Å². The highest BCUT2D eigenvalue weighted by Crippen LogP contribution is 2.22. The summed E-state index contributed by atoms with van der Waals surface area (Å²) in [4.78, 5) is 0. The fourth-order valence-electron chi connectivity index (χ4n) is 2.33. The Morgan fingerprint density at radius 1 is 1.05 bits per heavy atom. The lowest BCUT2D eigenvalue weighted by molar-refractivity contribution is 0.355. The van der Waals surface area contributed by atoms with E-state index in [4.69, 9.17) is 0 Å². The van der Waals surface area contributed by atoms with Crippen molar-refractivity contribution >= 4 is 0 Å². The van der Waals surface area contributed by atoms with Gasteiger partial charge in [0, 0.05) is 30.3 Å². The zero-order valence-corrected chi connectivity index (χ0v) is 13.9. The molecule has 0 amide bonds. The van der Waals surface area contributed by atoms with Crippen molar-refractivity contribution in [3.05, 3.63) is 53.9 Å². The first kappa shape index (κ1) is 15.8. The maximum Gasteiger partial charge on any atom is 0.0543 e. The van der Waals surface area contributed by atoms with Crippen molar-refractivity contribution in [2.24, 2.45) is 0 Å². The highest BCUT2D eigenvalue weighted by Gasteiger charge is 2.20. The third-order valence-corrected chi connectivity index (χ3v) is 3.77. The van der Waals surface area contributed by atoms with Crippen molar-refractivity contribution in [3.8, 4) is 0 Å². The summed E-state index contributed by atoms with van der Waals surface area (Å²) in [6.45, 7) is 12.8. The molecule has 0 atom stereocenters. The van der Waals surface area contributed by atoms with Crippen molar-refractivity contribution in [2.45, 2.75) is 52.1 Å². The van der Waals surface area contributed by atoms with Gasteiger partial charge in [-0.3, -0.25) is 4.68 Å². The van der Waals surface area contributed by atoms with Crippen molar-refractivity contribution in [2.75, 3.05) is 6.54 Å². The fraction of sp³-hybridized carbons (Fsp3) is 0.500. The van der Waals surface area contributed by atoms with Gasteiger partial charge in [-0.1, -0.05) is 44.2 Å². The summed E-state index contributed by atoms with van der Waals surface area (Å²) < 4.78 is 2.02. The molecular weight excluding hydrogens is 258 g/mol. The van der Waals surface area contributed by atoms with Gasteiger partial charge >= 0.3 is 0 Å². The molecule has 2 aromatic rings. The number of hydrogen-bond donors (Lipinski definition) is 1. The van der Waals surface area contributed by atoms with E-state index in [1.807, 2.05) is 10.9 Å². The van der Waals surface area contributed by atoms with Crippen molar-refractivity contribution in [3.63, 3.8) is 0 Å². The lowest BCUT2D eigenvalue weighted by atomic mass is 9.84. The smallest absolute Gasteiger partial charge is 0.0543 e. The minimum atomic E-state index is 0.0432. The molecule has 0 unspecified atom stereocenters. The van der Waals surface area contributed by atoms with Crippen LogP contribution >= 0.6 is 0 Å². The van der Waals surface area contributed by atoms with Gasteiger partial charge in [-0.25, -0.2) is 0 Å². The van der Waals surface area contributed by atoms with Crippen LogP contribution in [0.25, 0.3) is 0 Å². The third-order valence-electron chi connectivity index (χ3n) is 3.77. The monoisotopic (exact) mass is 285 g/mol. The van der Waals surface area contributed by atoms with Crippen molar-refractivity contribution in [1.82, 2.24) is 15.1 Å². The minimum absolute atomic E-state index is 0.0432. The van der Waals surface area contributed by atoms with Gasteiger partial charge in [0.25, 0.3) is 0 Å². The molecule has 0 saturated heterocycles. The van der Waals surface area contributed by atoms with Crippen LogP contribution in [0.1, 0.15) is 45.7 Å². The summed E-state index contributed by atoms with van der Waals surface area (Å²) in [5.41, 5.74) is 2.76. The second-order valence-corrected chi connectivity index (χ2v) is 7.32. The van der Waals surface area contributed by atoms with Crippen LogP contribution in [0.5, 0.6) is 0 Å². The van der Waals surface area contributed by atoms with Crippen LogP contribution in [0.4, 0.5) is 0 Å². The predicted molar refractivity (Wildman–Crippen MR) is 88.4 cm³/mol. The molecule has 1 aromatic heterocycles. The van der Waals surface area contributed by atoms with E-state index in [1.165, 1.54) is 11.1 Å². The molecule has 0 aliphatic carbocycles. The molecule has 114 valence electrons. The third kappa shape index (κ3) is 4.18. The van der Waals surface area contributed by atoms with Gasteiger partial charge in [0.15, 0.2) is 0 Å². The Balaban J connectivity index is 1.91. The summed E-state index contributed by atoms with van der Waals surface area (Å²) in [6.07, 6.45) is 4.08. The van der Waals surface area contributed by atoms with Gasteiger partial charge in [-0.05, 0) is 26.3 Å². The summed E-state index contributed by atoms with van der Waals surface area (Å²) >= 11 is 0. The first-order valence-electron chi connectivity index (χ1n) is 7.59. The van der Waals surface area contributed by atoms with E-state index < -0.39 is 0 Å². The summed E-state index contributed by atoms with van der Waals surface area (Å²) in [6, 6.07) is 10.7. The Hall–Kier alpha value is -1.61. The van der Waals surface area contributed by atoms with Crippen LogP contribution in [-0.2, 0) is 17.5 Å². The number of aromatic nitrogens is 2. The van der Waals surface area contributed by atoms with Gasteiger partial charge in [-0.15, -0.1) is 0 Å². The van der Waals surface area contributed by atoms with Crippen LogP contribution in [0, 0.1) is 0 Å². The fourth-order valence-corrected chi connectivity index (χ4v) is 2.33. The molecule has 1 heterocycles. The van der Waals surface area contributed by atoms with Crippen molar-refractivity contribution < 1.29 is 0 Å². The van der Waals surface area contributed by atoms with Crippen LogP contribution < -0.4 is 5.32 Å². The molecular formula is C18H27N3. The number of nitrogens with zero attached hydrogens (tertiary/aromatic N) is 2. The van der Waals surface area contributed by atoms with Crippen molar-refractivity contribution in [1.29, 1.82) is 0 Å². The number of rotatable bonds is 5. The quantitative estimate of drug-likeness (QED) is 0.907. The largest absolute Gasteiger partial charge is 0.312 e. The average molecular weight is 285 g/mol. The molecule has 0 bridgehead atoms.